The maximum Gasteiger partial charge on any atom is 0.254 e. The van der Waals surface area contributed by atoms with Gasteiger partial charge in [0.25, 0.3) is 5.91 Å². The van der Waals surface area contributed by atoms with Crippen LogP contribution >= 0.6 is 34.5 Å². The quantitative estimate of drug-likeness (QED) is 0.839. The Morgan fingerprint density at radius 1 is 1.10 bits per heavy atom. The number of anilines is 1. The van der Waals surface area contributed by atoms with Crippen molar-refractivity contribution < 1.29 is 4.79 Å². The first-order valence-corrected chi connectivity index (χ1v) is 8.17. The van der Waals surface area contributed by atoms with Gasteiger partial charge in [0.15, 0.2) is 5.13 Å². The number of carbonyl (C=O) groups excluding carboxylic acids is 1. The molecular weight excluding hydrogens is 329 g/mol. The average molecular weight is 342 g/mol. The van der Waals surface area contributed by atoms with E-state index in [-0.39, 0.29) is 5.91 Å². The van der Waals surface area contributed by atoms with Crippen molar-refractivity contribution in [3.05, 3.63) is 45.4 Å². The molecule has 1 aliphatic heterocycles. The summed E-state index contributed by atoms with van der Waals surface area (Å²) in [7, 11) is 0. The van der Waals surface area contributed by atoms with E-state index in [1.807, 2.05) is 10.3 Å². The summed E-state index contributed by atoms with van der Waals surface area (Å²) in [4.78, 5) is 20.8. The van der Waals surface area contributed by atoms with Crippen molar-refractivity contribution in [1.82, 2.24) is 9.88 Å². The number of amides is 1. The van der Waals surface area contributed by atoms with E-state index >= 15 is 0 Å². The second kappa shape index (κ2) is 6.22. The summed E-state index contributed by atoms with van der Waals surface area (Å²) in [6, 6.07) is 4.94. The third-order valence-corrected chi connectivity index (χ3v) is 4.63. The van der Waals surface area contributed by atoms with Crippen molar-refractivity contribution in [3.8, 4) is 0 Å². The molecule has 0 radical (unpaired) electrons. The molecule has 4 nitrogen and oxygen atoms in total. The summed E-state index contributed by atoms with van der Waals surface area (Å²) in [6.45, 7) is 2.91. The Labute approximate surface area is 136 Å². The zero-order valence-electron chi connectivity index (χ0n) is 11.1. The molecule has 1 saturated heterocycles. The second-order valence-corrected chi connectivity index (χ2v) is 6.50. The summed E-state index contributed by atoms with van der Waals surface area (Å²) in [6.07, 6.45) is 1.80. The highest BCUT2D eigenvalue weighted by Gasteiger charge is 2.23. The van der Waals surface area contributed by atoms with Gasteiger partial charge in [-0.15, -0.1) is 11.3 Å². The highest BCUT2D eigenvalue weighted by molar-refractivity contribution is 7.13. The summed E-state index contributed by atoms with van der Waals surface area (Å²) < 4.78 is 0. The maximum atomic E-state index is 12.5. The number of halogens is 2. The van der Waals surface area contributed by atoms with Crippen LogP contribution in [0.5, 0.6) is 0 Å². The van der Waals surface area contributed by atoms with Gasteiger partial charge in [0, 0.05) is 53.4 Å². The van der Waals surface area contributed by atoms with Crippen molar-refractivity contribution in [2.75, 3.05) is 31.1 Å². The molecule has 0 aliphatic carbocycles. The molecule has 0 saturated carbocycles. The number of benzene rings is 1. The Bertz CT molecular complexity index is 619. The van der Waals surface area contributed by atoms with E-state index in [1.165, 1.54) is 0 Å². The Kier molecular flexibility index (Phi) is 4.33. The molecule has 0 unspecified atom stereocenters. The SMILES string of the molecule is O=C(c1cc(Cl)cc(Cl)c1)N1CCN(c2nccs2)CC1. The van der Waals surface area contributed by atoms with Crippen molar-refractivity contribution in [3.63, 3.8) is 0 Å². The molecule has 1 fully saturated rings. The van der Waals surface area contributed by atoms with Crippen molar-refractivity contribution in [2.24, 2.45) is 0 Å². The lowest BCUT2D eigenvalue weighted by molar-refractivity contribution is 0.0747. The average Bonchev–Trinajstić information content (AvgIpc) is 3.00. The van der Waals surface area contributed by atoms with E-state index in [0.717, 1.165) is 18.2 Å². The van der Waals surface area contributed by atoms with Crippen LogP contribution in [0.3, 0.4) is 0 Å². The maximum absolute atomic E-state index is 12.5. The van der Waals surface area contributed by atoms with Gasteiger partial charge in [-0.1, -0.05) is 23.2 Å². The van der Waals surface area contributed by atoms with Crippen molar-refractivity contribution in [1.29, 1.82) is 0 Å². The molecule has 0 atom stereocenters. The Morgan fingerprint density at radius 3 is 2.33 bits per heavy atom. The Morgan fingerprint density at radius 2 is 1.76 bits per heavy atom. The van der Waals surface area contributed by atoms with Gasteiger partial charge in [-0.25, -0.2) is 4.98 Å². The van der Waals surface area contributed by atoms with Crippen LogP contribution in [-0.2, 0) is 0 Å². The molecule has 0 N–H and O–H groups in total. The largest absolute Gasteiger partial charge is 0.345 e. The second-order valence-electron chi connectivity index (χ2n) is 4.75. The van der Waals surface area contributed by atoms with Gasteiger partial charge in [-0.05, 0) is 18.2 Å². The predicted molar refractivity (Wildman–Crippen MR) is 86.7 cm³/mol. The number of hydrogen-bond acceptors (Lipinski definition) is 4. The van der Waals surface area contributed by atoms with Crippen LogP contribution in [0.1, 0.15) is 10.4 Å². The fourth-order valence-electron chi connectivity index (χ4n) is 2.33. The van der Waals surface area contributed by atoms with Crippen LogP contribution in [0.25, 0.3) is 0 Å². The molecule has 1 aliphatic rings. The van der Waals surface area contributed by atoms with Gasteiger partial charge in [-0.2, -0.15) is 0 Å². The number of carbonyl (C=O) groups is 1. The Balaban J connectivity index is 1.67. The standard InChI is InChI=1S/C14H13Cl2N3OS/c15-11-7-10(8-12(16)9-11)13(20)18-2-4-19(5-3-18)14-17-1-6-21-14/h1,6-9H,2-5H2. The van der Waals surface area contributed by atoms with Crippen LogP contribution in [0.15, 0.2) is 29.8 Å². The van der Waals surface area contributed by atoms with Gasteiger partial charge in [0.2, 0.25) is 0 Å². The molecular formula is C14H13Cl2N3OS. The minimum Gasteiger partial charge on any atom is -0.345 e. The van der Waals surface area contributed by atoms with E-state index in [2.05, 4.69) is 9.88 Å². The van der Waals surface area contributed by atoms with Gasteiger partial charge < -0.3 is 9.80 Å². The minimum absolute atomic E-state index is 0.0295. The lowest BCUT2D eigenvalue weighted by Crippen LogP contribution is -2.48. The highest BCUT2D eigenvalue weighted by atomic mass is 35.5. The molecule has 3 rings (SSSR count). The first kappa shape index (κ1) is 14.6. The summed E-state index contributed by atoms with van der Waals surface area (Å²) in [5.74, 6) is -0.0295. The van der Waals surface area contributed by atoms with Crippen LogP contribution in [0.4, 0.5) is 5.13 Å². The third kappa shape index (κ3) is 3.31. The molecule has 2 aromatic rings. The molecule has 1 aromatic carbocycles. The monoisotopic (exact) mass is 341 g/mol. The van der Waals surface area contributed by atoms with Crippen LogP contribution in [-0.4, -0.2) is 42.0 Å². The van der Waals surface area contributed by atoms with Gasteiger partial charge in [0.05, 0.1) is 0 Å². The van der Waals surface area contributed by atoms with E-state index < -0.39 is 0 Å². The molecule has 110 valence electrons. The normalized spacial score (nSPS) is 15.3. The van der Waals surface area contributed by atoms with Crippen LogP contribution in [0, 0.1) is 0 Å². The highest BCUT2D eigenvalue weighted by Crippen LogP contribution is 2.22. The zero-order chi connectivity index (χ0) is 14.8. The first-order chi connectivity index (χ1) is 10.1. The summed E-state index contributed by atoms with van der Waals surface area (Å²) >= 11 is 13.5. The number of aromatic nitrogens is 1. The molecule has 21 heavy (non-hydrogen) atoms. The first-order valence-electron chi connectivity index (χ1n) is 6.53. The van der Waals surface area contributed by atoms with E-state index in [0.29, 0.717) is 28.7 Å². The number of rotatable bonds is 2. The zero-order valence-corrected chi connectivity index (χ0v) is 13.5. The van der Waals surface area contributed by atoms with E-state index in [9.17, 15) is 4.79 Å². The Hall–Kier alpha value is -1.30. The summed E-state index contributed by atoms with van der Waals surface area (Å²) in [5, 5.41) is 3.92. The van der Waals surface area contributed by atoms with Gasteiger partial charge in [-0.3, -0.25) is 4.79 Å². The molecule has 0 spiro atoms. The molecule has 1 aromatic heterocycles. The minimum atomic E-state index is -0.0295. The molecule has 0 bridgehead atoms. The van der Waals surface area contributed by atoms with Crippen LogP contribution < -0.4 is 4.90 Å². The number of piperazine rings is 1. The van der Waals surface area contributed by atoms with Crippen molar-refractivity contribution >= 4 is 45.6 Å². The van der Waals surface area contributed by atoms with E-state index in [4.69, 9.17) is 23.2 Å². The number of thiazole rings is 1. The number of hydrogen-bond donors (Lipinski definition) is 0. The summed E-state index contributed by atoms with van der Waals surface area (Å²) in [5.41, 5.74) is 0.537. The van der Waals surface area contributed by atoms with Crippen molar-refractivity contribution in [2.45, 2.75) is 0 Å². The fourth-order valence-corrected chi connectivity index (χ4v) is 3.56. The van der Waals surface area contributed by atoms with Crippen LogP contribution in [0.2, 0.25) is 10.0 Å². The van der Waals surface area contributed by atoms with Gasteiger partial charge >= 0.3 is 0 Å². The third-order valence-electron chi connectivity index (χ3n) is 3.37. The lowest BCUT2D eigenvalue weighted by atomic mass is 10.2. The fraction of sp³-hybridized carbons (Fsp3) is 0.286. The number of nitrogens with zero attached hydrogens (tertiary/aromatic N) is 3. The predicted octanol–water partition coefficient (Wildman–Crippen LogP) is 3.41. The van der Waals surface area contributed by atoms with E-state index in [1.54, 1.807) is 35.7 Å². The smallest absolute Gasteiger partial charge is 0.254 e. The molecule has 2 heterocycles. The molecule has 1 amide bonds. The van der Waals surface area contributed by atoms with Gasteiger partial charge in [0.1, 0.15) is 0 Å². The topological polar surface area (TPSA) is 36.4 Å². The molecule has 7 heteroatoms. The lowest BCUT2D eigenvalue weighted by Gasteiger charge is -2.34.